The molecule has 2 rings (SSSR count). The summed E-state index contributed by atoms with van der Waals surface area (Å²) < 4.78 is 50.4. The molecule has 6 heteroatoms. The highest BCUT2D eigenvalue weighted by Crippen LogP contribution is 2.31. The molecule has 1 atom stereocenters. The van der Waals surface area contributed by atoms with Crippen molar-refractivity contribution in [3.63, 3.8) is 0 Å². The van der Waals surface area contributed by atoms with Crippen molar-refractivity contribution in [3.8, 4) is 0 Å². The van der Waals surface area contributed by atoms with E-state index in [1.165, 1.54) is 30.3 Å². The monoisotopic (exact) mass is 303 g/mol. The van der Waals surface area contributed by atoms with E-state index in [1.807, 2.05) is 0 Å². The SMILES string of the molecule is N[C@H](c1ccc(C(F)(F)F)cc1)c1ccc(F)c(Cl)c1. The predicted molar refractivity (Wildman–Crippen MR) is 68.9 cm³/mol. The summed E-state index contributed by atoms with van der Waals surface area (Å²) in [7, 11) is 0. The fraction of sp³-hybridized carbons (Fsp3) is 0.143. The van der Waals surface area contributed by atoms with Gasteiger partial charge in [-0.25, -0.2) is 4.39 Å². The lowest BCUT2D eigenvalue weighted by atomic mass is 9.98. The van der Waals surface area contributed by atoms with Crippen LogP contribution in [0.15, 0.2) is 42.5 Å². The van der Waals surface area contributed by atoms with Gasteiger partial charge in [0.25, 0.3) is 0 Å². The molecule has 0 unspecified atom stereocenters. The van der Waals surface area contributed by atoms with Gasteiger partial charge in [0.05, 0.1) is 16.6 Å². The van der Waals surface area contributed by atoms with Crippen LogP contribution < -0.4 is 5.73 Å². The van der Waals surface area contributed by atoms with Gasteiger partial charge in [0.15, 0.2) is 0 Å². The molecule has 0 aliphatic carbocycles. The summed E-state index contributed by atoms with van der Waals surface area (Å²) in [6.07, 6.45) is -4.39. The Hall–Kier alpha value is -1.59. The van der Waals surface area contributed by atoms with Crippen LogP contribution >= 0.6 is 11.6 Å². The third-order valence-corrected chi connectivity index (χ3v) is 3.19. The molecule has 0 aliphatic rings. The van der Waals surface area contributed by atoms with Crippen LogP contribution in [-0.2, 0) is 6.18 Å². The van der Waals surface area contributed by atoms with Gasteiger partial charge < -0.3 is 5.73 Å². The van der Waals surface area contributed by atoms with Gasteiger partial charge in [-0.05, 0) is 35.4 Å². The van der Waals surface area contributed by atoms with Gasteiger partial charge in [0.2, 0.25) is 0 Å². The van der Waals surface area contributed by atoms with E-state index in [0.29, 0.717) is 11.1 Å². The molecule has 106 valence electrons. The van der Waals surface area contributed by atoms with Gasteiger partial charge in [-0.3, -0.25) is 0 Å². The standard InChI is InChI=1S/C14H10ClF4N/c15-11-7-9(3-6-12(11)16)13(20)8-1-4-10(5-2-8)14(17,18)19/h1-7,13H,20H2/t13-/m1/s1. The first kappa shape index (κ1) is 14.8. The second-order valence-corrected chi connectivity index (χ2v) is 4.68. The van der Waals surface area contributed by atoms with Crippen LogP contribution in [0.3, 0.4) is 0 Å². The third kappa shape index (κ3) is 3.11. The molecule has 0 aromatic heterocycles. The molecule has 0 spiro atoms. The smallest absolute Gasteiger partial charge is 0.320 e. The molecule has 0 fully saturated rings. The first-order valence-electron chi connectivity index (χ1n) is 5.66. The van der Waals surface area contributed by atoms with E-state index in [4.69, 9.17) is 17.3 Å². The molecule has 0 saturated heterocycles. The van der Waals surface area contributed by atoms with Crippen molar-refractivity contribution >= 4 is 11.6 Å². The van der Waals surface area contributed by atoms with Crippen molar-refractivity contribution in [2.24, 2.45) is 5.73 Å². The van der Waals surface area contributed by atoms with Crippen molar-refractivity contribution in [1.82, 2.24) is 0 Å². The molecular formula is C14H10ClF4N. The van der Waals surface area contributed by atoms with Gasteiger partial charge >= 0.3 is 6.18 Å². The highest BCUT2D eigenvalue weighted by molar-refractivity contribution is 6.30. The summed E-state index contributed by atoms with van der Waals surface area (Å²) in [5, 5.41) is -0.0788. The van der Waals surface area contributed by atoms with E-state index in [9.17, 15) is 17.6 Å². The van der Waals surface area contributed by atoms with Crippen LogP contribution in [0.2, 0.25) is 5.02 Å². The predicted octanol–water partition coefficient (Wildman–Crippen LogP) is 4.55. The Kier molecular flexibility index (Phi) is 4.01. The average Bonchev–Trinajstić information content (AvgIpc) is 2.40. The Labute approximate surface area is 118 Å². The van der Waals surface area contributed by atoms with Crippen molar-refractivity contribution in [3.05, 3.63) is 70.0 Å². The minimum absolute atomic E-state index is 0.0788. The molecule has 0 bridgehead atoms. The highest BCUT2D eigenvalue weighted by atomic mass is 35.5. The van der Waals surface area contributed by atoms with E-state index in [2.05, 4.69) is 0 Å². The minimum atomic E-state index is -4.39. The lowest BCUT2D eigenvalue weighted by molar-refractivity contribution is -0.137. The largest absolute Gasteiger partial charge is 0.416 e. The second-order valence-electron chi connectivity index (χ2n) is 4.27. The van der Waals surface area contributed by atoms with E-state index >= 15 is 0 Å². The van der Waals surface area contributed by atoms with E-state index in [-0.39, 0.29) is 5.02 Å². The van der Waals surface area contributed by atoms with Crippen LogP contribution in [-0.4, -0.2) is 0 Å². The van der Waals surface area contributed by atoms with Gasteiger partial charge in [0, 0.05) is 0 Å². The zero-order valence-corrected chi connectivity index (χ0v) is 10.8. The number of rotatable bonds is 2. The molecule has 2 N–H and O–H groups in total. The maximum absolute atomic E-state index is 13.1. The third-order valence-electron chi connectivity index (χ3n) is 2.90. The molecule has 0 heterocycles. The number of benzene rings is 2. The molecule has 0 saturated carbocycles. The van der Waals surface area contributed by atoms with Crippen LogP contribution in [0.1, 0.15) is 22.7 Å². The summed E-state index contributed by atoms with van der Waals surface area (Å²) in [6.45, 7) is 0. The Bertz CT molecular complexity index is 608. The Morgan fingerprint density at radius 1 is 0.950 bits per heavy atom. The lowest BCUT2D eigenvalue weighted by Gasteiger charge is -2.14. The summed E-state index contributed by atoms with van der Waals surface area (Å²) in [5.41, 5.74) is 6.20. The maximum Gasteiger partial charge on any atom is 0.416 e. The lowest BCUT2D eigenvalue weighted by Crippen LogP contribution is -2.13. The van der Waals surface area contributed by atoms with Crippen LogP contribution in [0.5, 0.6) is 0 Å². The van der Waals surface area contributed by atoms with Crippen molar-refractivity contribution in [1.29, 1.82) is 0 Å². The van der Waals surface area contributed by atoms with Crippen LogP contribution in [0, 0.1) is 5.82 Å². The number of halogens is 5. The van der Waals surface area contributed by atoms with Gasteiger partial charge in [-0.15, -0.1) is 0 Å². The summed E-state index contributed by atoms with van der Waals surface area (Å²) in [4.78, 5) is 0. The van der Waals surface area contributed by atoms with Crippen molar-refractivity contribution < 1.29 is 17.6 Å². The second kappa shape index (κ2) is 5.42. The summed E-state index contributed by atoms with van der Waals surface area (Å²) in [5.74, 6) is -0.574. The zero-order chi connectivity index (χ0) is 14.9. The first-order valence-corrected chi connectivity index (χ1v) is 6.04. The number of hydrogen-bond acceptors (Lipinski definition) is 1. The molecule has 0 aliphatic heterocycles. The Morgan fingerprint density at radius 3 is 2.00 bits per heavy atom. The molecule has 0 amide bonds. The van der Waals surface area contributed by atoms with Crippen molar-refractivity contribution in [2.45, 2.75) is 12.2 Å². The fourth-order valence-corrected chi connectivity index (χ4v) is 1.97. The van der Waals surface area contributed by atoms with Gasteiger partial charge in [-0.2, -0.15) is 13.2 Å². The number of hydrogen-bond donors (Lipinski definition) is 1. The average molecular weight is 304 g/mol. The van der Waals surface area contributed by atoms with Crippen LogP contribution in [0.4, 0.5) is 17.6 Å². The van der Waals surface area contributed by atoms with E-state index in [0.717, 1.165) is 12.1 Å². The summed E-state index contributed by atoms with van der Waals surface area (Å²) >= 11 is 5.65. The van der Waals surface area contributed by atoms with Crippen LogP contribution in [0.25, 0.3) is 0 Å². The quantitative estimate of drug-likeness (QED) is 0.810. The number of alkyl halides is 3. The number of nitrogens with two attached hydrogens (primary N) is 1. The van der Waals surface area contributed by atoms with Gasteiger partial charge in [-0.1, -0.05) is 29.8 Å². The fourth-order valence-electron chi connectivity index (χ4n) is 1.78. The molecule has 2 aromatic carbocycles. The van der Waals surface area contributed by atoms with E-state index < -0.39 is 23.6 Å². The normalized spacial score (nSPS) is 13.3. The summed E-state index contributed by atoms with van der Waals surface area (Å²) in [6, 6.07) is 7.82. The maximum atomic E-state index is 13.1. The molecule has 20 heavy (non-hydrogen) atoms. The highest BCUT2D eigenvalue weighted by Gasteiger charge is 2.30. The molecule has 2 aromatic rings. The molecule has 1 nitrogen and oxygen atoms in total. The van der Waals surface area contributed by atoms with E-state index in [1.54, 1.807) is 0 Å². The topological polar surface area (TPSA) is 26.0 Å². The minimum Gasteiger partial charge on any atom is -0.320 e. The van der Waals surface area contributed by atoms with Crippen molar-refractivity contribution in [2.75, 3.05) is 0 Å². The zero-order valence-electron chi connectivity index (χ0n) is 10.1. The van der Waals surface area contributed by atoms with Gasteiger partial charge in [0.1, 0.15) is 5.82 Å². The first-order chi connectivity index (χ1) is 9.29. The Balaban J connectivity index is 2.29. The molecule has 0 radical (unpaired) electrons. The Morgan fingerprint density at radius 2 is 1.50 bits per heavy atom. The molecular weight excluding hydrogens is 294 g/mol.